The molecule has 0 aliphatic heterocycles. The van der Waals surface area contributed by atoms with E-state index < -0.39 is 5.91 Å². The lowest BCUT2D eigenvalue weighted by Crippen LogP contribution is -2.24. The van der Waals surface area contributed by atoms with Crippen molar-refractivity contribution in [3.8, 4) is 11.1 Å². The van der Waals surface area contributed by atoms with E-state index >= 15 is 0 Å². The first-order valence-electron chi connectivity index (χ1n) is 7.08. The van der Waals surface area contributed by atoms with Gasteiger partial charge in [0.1, 0.15) is 0 Å². The van der Waals surface area contributed by atoms with Crippen molar-refractivity contribution in [2.24, 2.45) is 16.5 Å². The van der Waals surface area contributed by atoms with Crippen molar-refractivity contribution in [3.63, 3.8) is 0 Å². The molecule has 0 saturated carbocycles. The molecular weight excluding hydrogens is 345 g/mol. The van der Waals surface area contributed by atoms with Crippen LogP contribution in [-0.4, -0.2) is 11.9 Å². The minimum absolute atomic E-state index is 0.269. The fraction of sp³-hybridized carbons (Fsp3) is 0. The number of halogens is 2. The predicted octanol–water partition coefficient (Wildman–Crippen LogP) is 4.23. The summed E-state index contributed by atoms with van der Waals surface area (Å²) in [5.41, 5.74) is 12.7. The van der Waals surface area contributed by atoms with E-state index in [-0.39, 0.29) is 5.96 Å². The van der Waals surface area contributed by atoms with E-state index in [0.29, 0.717) is 15.6 Å². The molecule has 24 heavy (non-hydrogen) atoms. The molecule has 4 N–H and O–H groups in total. The molecule has 3 aromatic rings. The molecule has 120 valence electrons. The smallest absolute Gasteiger partial charge is 0.280 e. The monoisotopic (exact) mass is 357 g/mol. The van der Waals surface area contributed by atoms with Gasteiger partial charge in [-0.25, -0.2) is 0 Å². The first kappa shape index (κ1) is 16.3. The second-order valence-corrected chi connectivity index (χ2v) is 6.05. The maximum Gasteiger partial charge on any atom is 0.280 e. The lowest BCUT2D eigenvalue weighted by molar-refractivity contribution is 0.100. The van der Waals surface area contributed by atoms with Gasteiger partial charge >= 0.3 is 0 Å². The first-order chi connectivity index (χ1) is 11.5. The van der Waals surface area contributed by atoms with Crippen molar-refractivity contribution in [1.29, 1.82) is 0 Å². The van der Waals surface area contributed by atoms with Crippen LogP contribution in [0, 0.1) is 0 Å². The third-order valence-electron chi connectivity index (χ3n) is 3.58. The SMILES string of the molecule is NC(N)=NC(=O)c1ccc2cccc(-c3ccc(Cl)cc3Cl)c2c1. The van der Waals surface area contributed by atoms with Gasteiger partial charge in [-0.1, -0.05) is 53.5 Å². The van der Waals surface area contributed by atoms with Gasteiger partial charge in [0.2, 0.25) is 0 Å². The van der Waals surface area contributed by atoms with Crippen molar-refractivity contribution in [1.82, 2.24) is 0 Å². The number of amides is 1. The van der Waals surface area contributed by atoms with E-state index in [1.54, 1.807) is 24.3 Å². The molecule has 3 rings (SSSR count). The fourth-order valence-electron chi connectivity index (χ4n) is 2.53. The van der Waals surface area contributed by atoms with Gasteiger partial charge in [-0.15, -0.1) is 0 Å². The predicted molar refractivity (Wildman–Crippen MR) is 99.5 cm³/mol. The molecule has 0 spiro atoms. The van der Waals surface area contributed by atoms with Crippen LogP contribution in [0.15, 0.2) is 59.6 Å². The molecule has 0 bridgehead atoms. The standard InChI is InChI=1S/C18H13Cl2N3O/c19-12-6-7-14(16(20)9-12)13-3-1-2-10-4-5-11(8-15(10)13)17(24)23-18(21)22/h1-9H,(H4,21,22,23,24). The molecular formula is C18H13Cl2N3O. The first-order valence-corrected chi connectivity index (χ1v) is 7.83. The second kappa shape index (κ2) is 6.51. The van der Waals surface area contributed by atoms with Crippen molar-refractivity contribution >= 4 is 45.8 Å². The van der Waals surface area contributed by atoms with Crippen LogP contribution in [0.25, 0.3) is 21.9 Å². The fourth-order valence-corrected chi connectivity index (χ4v) is 3.04. The Morgan fingerprint density at radius 1 is 0.917 bits per heavy atom. The number of nitrogens with two attached hydrogens (primary N) is 2. The van der Waals surface area contributed by atoms with Gasteiger partial charge in [0.15, 0.2) is 5.96 Å². The highest BCUT2D eigenvalue weighted by molar-refractivity contribution is 6.36. The van der Waals surface area contributed by atoms with E-state index in [9.17, 15) is 4.79 Å². The zero-order chi connectivity index (χ0) is 17.3. The van der Waals surface area contributed by atoms with Crippen LogP contribution in [0.3, 0.4) is 0 Å². The summed E-state index contributed by atoms with van der Waals surface area (Å²) >= 11 is 12.3. The number of rotatable bonds is 2. The van der Waals surface area contributed by atoms with E-state index in [0.717, 1.165) is 21.9 Å². The molecule has 0 fully saturated rings. The number of carbonyl (C=O) groups is 1. The minimum Gasteiger partial charge on any atom is -0.370 e. The summed E-state index contributed by atoms with van der Waals surface area (Å²) in [4.78, 5) is 15.6. The summed E-state index contributed by atoms with van der Waals surface area (Å²) in [5, 5.41) is 2.95. The van der Waals surface area contributed by atoms with Gasteiger partial charge in [0.05, 0.1) is 0 Å². The molecule has 0 aliphatic carbocycles. The van der Waals surface area contributed by atoms with Gasteiger partial charge in [0, 0.05) is 21.2 Å². The Bertz CT molecular complexity index is 979. The number of carbonyl (C=O) groups excluding carboxylic acids is 1. The average Bonchev–Trinajstić information content (AvgIpc) is 2.53. The maximum atomic E-state index is 12.1. The summed E-state index contributed by atoms with van der Waals surface area (Å²) < 4.78 is 0. The van der Waals surface area contributed by atoms with Gasteiger partial charge in [0.25, 0.3) is 5.91 Å². The van der Waals surface area contributed by atoms with Crippen LogP contribution in [0.5, 0.6) is 0 Å². The minimum atomic E-state index is -0.492. The number of guanidine groups is 1. The number of hydrogen-bond acceptors (Lipinski definition) is 1. The molecule has 4 nitrogen and oxygen atoms in total. The Morgan fingerprint density at radius 2 is 1.71 bits per heavy atom. The van der Waals surface area contributed by atoms with Crippen molar-refractivity contribution in [2.75, 3.05) is 0 Å². The lowest BCUT2D eigenvalue weighted by atomic mass is 9.96. The zero-order valence-corrected chi connectivity index (χ0v) is 14.0. The van der Waals surface area contributed by atoms with Gasteiger partial charge < -0.3 is 11.5 Å². The van der Waals surface area contributed by atoms with Gasteiger partial charge in [-0.05, 0) is 40.6 Å². The van der Waals surface area contributed by atoms with Crippen LogP contribution in [0.1, 0.15) is 10.4 Å². The number of benzene rings is 3. The second-order valence-electron chi connectivity index (χ2n) is 5.21. The Balaban J connectivity index is 2.22. The summed E-state index contributed by atoms with van der Waals surface area (Å²) in [5.74, 6) is -0.761. The molecule has 1 amide bonds. The topological polar surface area (TPSA) is 81.5 Å². The number of hydrogen-bond donors (Lipinski definition) is 2. The summed E-state index contributed by atoms with van der Waals surface area (Å²) in [6.07, 6.45) is 0. The van der Waals surface area contributed by atoms with Gasteiger partial charge in [-0.3, -0.25) is 4.79 Å². The number of fused-ring (bicyclic) bond motifs is 1. The average molecular weight is 358 g/mol. The Kier molecular flexibility index (Phi) is 4.42. The number of aliphatic imine (C=N–C) groups is 1. The summed E-state index contributed by atoms with van der Waals surface area (Å²) in [6.45, 7) is 0. The van der Waals surface area contributed by atoms with Crippen LogP contribution < -0.4 is 11.5 Å². The van der Waals surface area contributed by atoms with Crippen LogP contribution in [0.4, 0.5) is 0 Å². The molecule has 0 unspecified atom stereocenters. The Hall–Kier alpha value is -2.56. The molecule has 0 heterocycles. The molecule has 6 heteroatoms. The highest BCUT2D eigenvalue weighted by Crippen LogP contribution is 2.35. The molecule has 0 atom stereocenters. The molecule has 3 aromatic carbocycles. The largest absolute Gasteiger partial charge is 0.370 e. The Labute approximate surface area is 148 Å². The third kappa shape index (κ3) is 3.20. The van der Waals surface area contributed by atoms with E-state index in [1.807, 2.05) is 30.3 Å². The Morgan fingerprint density at radius 3 is 2.42 bits per heavy atom. The summed E-state index contributed by atoms with van der Waals surface area (Å²) in [7, 11) is 0. The molecule has 0 radical (unpaired) electrons. The normalized spacial score (nSPS) is 10.6. The zero-order valence-electron chi connectivity index (χ0n) is 12.5. The highest BCUT2D eigenvalue weighted by atomic mass is 35.5. The van der Waals surface area contributed by atoms with E-state index in [2.05, 4.69) is 4.99 Å². The van der Waals surface area contributed by atoms with Crippen molar-refractivity contribution in [2.45, 2.75) is 0 Å². The lowest BCUT2D eigenvalue weighted by Gasteiger charge is -2.10. The maximum absolute atomic E-state index is 12.1. The van der Waals surface area contributed by atoms with Crippen LogP contribution in [0.2, 0.25) is 10.0 Å². The third-order valence-corrected chi connectivity index (χ3v) is 4.13. The van der Waals surface area contributed by atoms with E-state index in [1.165, 1.54) is 0 Å². The molecule has 0 aliphatic rings. The molecule has 0 aromatic heterocycles. The van der Waals surface area contributed by atoms with E-state index in [4.69, 9.17) is 34.7 Å². The molecule has 0 saturated heterocycles. The van der Waals surface area contributed by atoms with Crippen LogP contribution in [-0.2, 0) is 0 Å². The number of nitrogens with zero attached hydrogens (tertiary/aromatic N) is 1. The van der Waals surface area contributed by atoms with Crippen molar-refractivity contribution < 1.29 is 4.79 Å². The van der Waals surface area contributed by atoms with Gasteiger partial charge in [-0.2, -0.15) is 4.99 Å². The van der Waals surface area contributed by atoms with Crippen molar-refractivity contribution in [3.05, 3.63) is 70.2 Å². The van der Waals surface area contributed by atoms with Crippen LogP contribution >= 0.6 is 23.2 Å². The summed E-state index contributed by atoms with van der Waals surface area (Å²) in [6, 6.07) is 16.4. The quantitative estimate of drug-likeness (QED) is 0.531. The highest BCUT2D eigenvalue weighted by Gasteiger charge is 2.11.